The molecule has 1 unspecified atom stereocenters. The molecule has 0 radical (unpaired) electrons. The number of nitrogens with zero attached hydrogens (tertiary/aromatic N) is 2. The second kappa shape index (κ2) is 6.18. The van der Waals surface area contributed by atoms with Gasteiger partial charge in [-0.15, -0.1) is 0 Å². The molecule has 0 saturated carbocycles. The Labute approximate surface area is 127 Å². The van der Waals surface area contributed by atoms with E-state index in [2.05, 4.69) is 48.1 Å². The number of fused-ring (bicyclic) bond motifs is 1. The molecule has 1 atom stereocenters. The Kier molecular flexibility index (Phi) is 4.71. The molecule has 0 saturated heterocycles. The van der Waals surface area contributed by atoms with Gasteiger partial charge in [-0.05, 0) is 39.6 Å². The third-order valence-corrected chi connectivity index (χ3v) is 3.96. The molecule has 21 heavy (non-hydrogen) atoms. The van der Waals surface area contributed by atoms with E-state index in [-0.39, 0.29) is 0 Å². The smallest absolute Gasteiger partial charge is 0.0869 e. The first-order valence-electron chi connectivity index (χ1n) is 7.42. The van der Waals surface area contributed by atoms with Crippen LogP contribution in [0.25, 0.3) is 10.9 Å². The summed E-state index contributed by atoms with van der Waals surface area (Å²) in [6.45, 7) is 6.02. The van der Waals surface area contributed by atoms with Crippen LogP contribution >= 0.6 is 0 Å². The fourth-order valence-electron chi connectivity index (χ4n) is 3.07. The lowest BCUT2D eigenvalue weighted by atomic mass is 10.1. The average molecular weight is 289 g/mol. The van der Waals surface area contributed by atoms with Crippen LogP contribution in [0.5, 0.6) is 0 Å². The number of aromatic nitrogens is 1. The van der Waals surface area contributed by atoms with Gasteiger partial charge in [0.15, 0.2) is 0 Å². The summed E-state index contributed by atoms with van der Waals surface area (Å²) in [6.07, 6.45) is 0. The Morgan fingerprint density at radius 2 is 1.95 bits per heavy atom. The highest BCUT2D eigenvalue weighted by atomic mass is 16.3. The van der Waals surface area contributed by atoms with Gasteiger partial charge in [0.2, 0.25) is 0 Å². The summed E-state index contributed by atoms with van der Waals surface area (Å²) in [7, 11) is 6.05. The van der Waals surface area contributed by atoms with Gasteiger partial charge in [-0.3, -0.25) is 0 Å². The van der Waals surface area contributed by atoms with Crippen molar-refractivity contribution in [1.29, 1.82) is 0 Å². The Balaban J connectivity index is 2.07. The van der Waals surface area contributed by atoms with Crippen LogP contribution in [0.4, 0.5) is 0 Å². The predicted molar refractivity (Wildman–Crippen MR) is 88.5 cm³/mol. The molecule has 0 aliphatic carbocycles. The van der Waals surface area contributed by atoms with Crippen molar-refractivity contribution in [3.05, 3.63) is 35.5 Å². The lowest BCUT2D eigenvalue weighted by Crippen LogP contribution is -2.45. The minimum absolute atomic E-state index is 0.576. The van der Waals surface area contributed by atoms with Gasteiger partial charge in [-0.2, -0.15) is 0 Å². The predicted octanol–water partition coefficient (Wildman–Crippen LogP) is 1.89. The quantitative estimate of drug-likeness (QED) is 0.853. The van der Waals surface area contributed by atoms with Gasteiger partial charge in [0.1, 0.15) is 0 Å². The molecular formula is C17H27N3O. The molecule has 2 aromatic rings. The molecular weight excluding hydrogens is 262 g/mol. The molecule has 1 heterocycles. The zero-order chi connectivity index (χ0) is 15.6. The van der Waals surface area contributed by atoms with Crippen molar-refractivity contribution >= 4 is 10.9 Å². The lowest BCUT2D eigenvalue weighted by molar-refractivity contribution is 0.0335. The number of rotatable bonds is 6. The van der Waals surface area contributed by atoms with E-state index in [1.54, 1.807) is 0 Å². The molecule has 4 nitrogen and oxygen atoms in total. The largest absolute Gasteiger partial charge is 0.388 e. The summed E-state index contributed by atoms with van der Waals surface area (Å²) in [6, 6.07) is 8.46. The topological polar surface area (TPSA) is 40.4 Å². The molecule has 0 spiro atoms. The molecule has 0 aliphatic rings. The van der Waals surface area contributed by atoms with E-state index in [1.807, 2.05) is 25.9 Å². The second-order valence-electron chi connectivity index (χ2n) is 6.49. The Hall–Kier alpha value is -1.36. The molecule has 116 valence electrons. The van der Waals surface area contributed by atoms with Crippen molar-refractivity contribution in [2.75, 3.05) is 27.2 Å². The molecule has 1 aromatic heterocycles. The third kappa shape index (κ3) is 3.64. The third-order valence-electron chi connectivity index (χ3n) is 3.96. The van der Waals surface area contributed by atoms with Gasteiger partial charge in [-0.25, -0.2) is 0 Å². The van der Waals surface area contributed by atoms with Gasteiger partial charge in [0, 0.05) is 43.3 Å². The highest BCUT2D eigenvalue weighted by molar-refractivity contribution is 5.85. The van der Waals surface area contributed by atoms with Crippen LogP contribution in [-0.2, 0) is 13.6 Å². The molecule has 1 aromatic carbocycles. The second-order valence-corrected chi connectivity index (χ2v) is 6.49. The molecule has 0 aliphatic heterocycles. The number of aliphatic hydroxyl groups is 1. The molecule has 0 fully saturated rings. The molecule has 0 bridgehead atoms. The lowest BCUT2D eigenvalue weighted by Gasteiger charge is -2.27. The molecule has 0 amide bonds. The minimum atomic E-state index is -0.720. The van der Waals surface area contributed by atoms with Crippen molar-refractivity contribution < 1.29 is 5.11 Å². The van der Waals surface area contributed by atoms with E-state index in [0.29, 0.717) is 13.1 Å². The van der Waals surface area contributed by atoms with Crippen molar-refractivity contribution in [3.63, 3.8) is 0 Å². The summed E-state index contributed by atoms with van der Waals surface area (Å²) in [5.41, 5.74) is 3.12. The van der Waals surface area contributed by atoms with E-state index in [9.17, 15) is 5.11 Å². The maximum absolute atomic E-state index is 10.3. The van der Waals surface area contributed by atoms with E-state index in [1.165, 1.54) is 22.2 Å². The zero-order valence-electron chi connectivity index (χ0n) is 13.8. The Morgan fingerprint density at radius 3 is 2.57 bits per heavy atom. The van der Waals surface area contributed by atoms with Crippen LogP contribution in [0, 0.1) is 6.92 Å². The van der Waals surface area contributed by atoms with Gasteiger partial charge in [0.05, 0.1) is 5.60 Å². The fraction of sp³-hybridized carbons (Fsp3) is 0.529. The van der Waals surface area contributed by atoms with Gasteiger partial charge >= 0.3 is 0 Å². The highest BCUT2D eigenvalue weighted by Crippen LogP contribution is 2.24. The minimum Gasteiger partial charge on any atom is -0.388 e. The van der Waals surface area contributed by atoms with E-state index in [4.69, 9.17) is 0 Å². The number of benzene rings is 1. The Bertz CT molecular complexity index is 575. The SMILES string of the molecule is Cc1c(CNCC(C)(O)CN(C)C)n(C)c2ccccc12. The van der Waals surface area contributed by atoms with Crippen LogP contribution in [0.15, 0.2) is 24.3 Å². The first-order chi connectivity index (χ1) is 9.82. The van der Waals surface area contributed by atoms with Crippen molar-refractivity contribution in [3.8, 4) is 0 Å². The summed E-state index contributed by atoms with van der Waals surface area (Å²) >= 11 is 0. The molecule has 2 N–H and O–H groups in total. The summed E-state index contributed by atoms with van der Waals surface area (Å²) in [4.78, 5) is 2.00. The standard InChI is InChI=1S/C17H27N3O/c1-13-14-8-6-7-9-15(14)20(5)16(13)10-18-11-17(2,21)12-19(3)4/h6-9,18,21H,10-12H2,1-5H3. The van der Waals surface area contributed by atoms with Gasteiger partial charge in [0.25, 0.3) is 0 Å². The summed E-state index contributed by atoms with van der Waals surface area (Å²) in [5, 5.41) is 15.0. The highest BCUT2D eigenvalue weighted by Gasteiger charge is 2.21. The Morgan fingerprint density at radius 1 is 1.29 bits per heavy atom. The van der Waals surface area contributed by atoms with Crippen LogP contribution < -0.4 is 5.32 Å². The maximum atomic E-state index is 10.3. The zero-order valence-corrected chi connectivity index (χ0v) is 13.8. The van der Waals surface area contributed by atoms with Gasteiger partial charge in [-0.1, -0.05) is 18.2 Å². The number of hydrogen-bond acceptors (Lipinski definition) is 3. The van der Waals surface area contributed by atoms with Crippen molar-refractivity contribution in [2.45, 2.75) is 26.0 Å². The van der Waals surface area contributed by atoms with E-state index in [0.717, 1.165) is 6.54 Å². The normalized spacial score (nSPS) is 14.8. The fourth-order valence-corrected chi connectivity index (χ4v) is 3.07. The number of para-hydroxylation sites is 1. The monoisotopic (exact) mass is 289 g/mol. The average Bonchev–Trinajstić information content (AvgIpc) is 2.63. The maximum Gasteiger partial charge on any atom is 0.0869 e. The van der Waals surface area contributed by atoms with E-state index >= 15 is 0 Å². The molecule has 2 rings (SSSR count). The molecule has 4 heteroatoms. The van der Waals surface area contributed by atoms with Crippen molar-refractivity contribution in [1.82, 2.24) is 14.8 Å². The van der Waals surface area contributed by atoms with Crippen LogP contribution in [0.2, 0.25) is 0 Å². The van der Waals surface area contributed by atoms with Crippen LogP contribution in [0.3, 0.4) is 0 Å². The number of nitrogens with one attached hydrogen (secondary N) is 1. The first-order valence-corrected chi connectivity index (χ1v) is 7.42. The number of hydrogen-bond donors (Lipinski definition) is 2. The summed E-state index contributed by atoms with van der Waals surface area (Å²) in [5.74, 6) is 0. The van der Waals surface area contributed by atoms with Crippen LogP contribution in [0.1, 0.15) is 18.2 Å². The van der Waals surface area contributed by atoms with Gasteiger partial charge < -0.3 is 19.9 Å². The van der Waals surface area contributed by atoms with E-state index < -0.39 is 5.60 Å². The first kappa shape index (κ1) is 16.0. The number of aryl methyl sites for hydroxylation is 2. The van der Waals surface area contributed by atoms with Crippen LogP contribution in [-0.4, -0.2) is 47.4 Å². The van der Waals surface area contributed by atoms with Crippen molar-refractivity contribution in [2.24, 2.45) is 7.05 Å². The summed E-state index contributed by atoms with van der Waals surface area (Å²) < 4.78 is 2.23. The number of likely N-dealkylation sites (N-methyl/N-ethyl adjacent to an activating group) is 1.